The van der Waals surface area contributed by atoms with Crippen molar-refractivity contribution in [3.8, 4) is 0 Å². The molecule has 1 amide bonds. The Morgan fingerprint density at radius 3 is 3.00 bits per heavy atom. The van der Waals surface area contributed by atoms with Crippen LogP contribution in [0, 0.1) is 0 Å². The predicted molar refractivity (Wildman–Crippen MR) is 69.8 cm³/mol. The molecule has 0 radical (unpaired) electrons. The minimum absolute atomic E-state index is 0.0593. The Balaban J connectivity index is 1.63. The highest BCUT2D eigenvalue weighted by molar-refractivity contribution is 5.81. The van der Waals surface area contributed by atoms with Crippen LogP contribution < -0.4 is 10.6 Å². The van der Waals surface area contributed by atoms with E-state index in [0.717, 1.165) is 25.9 Å². The van der Waals surface area contributed by atoms with Crippen LogP contribution in [-0.4, -0.2) is 25.0 Å². The summed E-state index contributed by atoms with van der Waals surface area (Å²) in [4.78, 5) is 11.8. The summed E-state index contributed by atoms with van der Waals surface area (Å²) in [7, 11) is 0. The molecule has 3 nitrogen and oxygen atoms in total. The average molecular weight is 236 g/mol. The lowest BCUT2D eigenvalue weighted by molar-refractivity contribution is -0.123. The Labute approximate surface area is 104 Å². The van der Waals surface area contributed by atoms with E-state index in [1.807, 2.05) is 0 Å². The molecule has 0 aromatic heterocycles. The summed E-state index contributed by atoms with van der Waals surface area (Å²) in [5, 5.41) is 6.34. The van der Waals surface area contributed by atoms with Crippen LogP contribution in [0.1, 0.15) is 51.4 Å². The first-order valence-electron chi connectivity index (χ1n) is 7.05. The molecule has 96 valence electrons. The molecule has 1 saturated heterocycles. The second-order valence-electron chi connectivity index (χ2n) is 5.15. The smallest absolute Gasteiger partial charge is 0.237 e. The first-order valence-corrected chi connectivity index (χ1v) is 7.05. The van der Waals surface area contributed by atoms with Gasteiger partial charge < -0.3 is 10.6 Å². The van der Waals surface area contributed by atoms with E-state index in [4.69, 9.17) is 0 Å². The van der Waals surface area contributed by atoms with Crippen molar-refractivity contribution in [1.29, 1.82) is 0 Å². The van der Waals surface area contributed by atoms with Gasteiger partial charge in [-0.05, 0) is 51.5 Å². The van der Waals surface area contributed by atoms with Crippen molar-refractivity contribution < 1.29 is 4.79 Å². The number of allylic oxidation sites excluding steroid dienone is 1. The van der Waals surface area contributed by atoms with Crippen molar-refractivity contribution in [2.24, 2.45) is 0 Å². The topological polar surface area (TPSA) is 41.1 Å². The highest BCUT2D eigenvalue weighted by atomic mass is 16.2. The molecular formula is C14H24N2O. The van der Waals surface area contributed by atoms with Gasteiger partial charge in [-0.25, -0.2) is 0 Å². The highest BCUT2D eigenvalue weighted by Crippen LogP contribution is 2.19. The first kappa shape index (κ1) is 12.6. The Hall–Kier alpha value is -0.830. The first-order chi connectivity index (χ1) is 8.36. The van der Waals surface area contributed by atoms with Crippen molar-refractivity contribution in [1.82, 2.24) is 10.6 Å². The minimum atomic E-state index is 0.0593. The lowest BCUT2D eigenvalue weighted by Gasteiger charge is -2.22. The van der Waals surface area contributed by atoms with Gasteiger partial charge in [-0.1, -0.05) is 18.1 Å². The van der Waals surface area contributed by atoms with Gasteiger partial charge in [0, 0.05) is 6.54 Å². The quantitative estimate of drug-likeness (QED) is 0.734. The van der Waals surface area contributed by atoms with Crippen LogP contribution in [0.2, 0.25) is 0 Å². The normalized spacial score (nSPS) is 25.2. The third-order valence-electron chi connectivity index (χ3n) is 3.76. The van der Waals surface area contributed by atoms with Gasteiger partial charge in [0.25, 0.3) is 0 Å². The number of piperidine rings is 1. The van der Waals surface area contributed by atoms with E-state index in [-0.39, 0.29) is 11.9 Å². The largest absolute Gasteiger partial charge is 0.354 e. The molecule has 1 heterocycles. The zero-order valence-electron chi connectivity index (χ0n) is 10.6. The zero-order valence-corrected chi connectivity index (χ0v) is 10.6. The molecule has 0 aromatic rings. The van der Waals surface area contributed by atoms with Gasteiger partial charge in [0.05, 0.1) is 6.04 Å². The molecule has 0 unspecified atom stereocenters. The van der Waals surface area contributed by atoms with E-state index in [1.54, 1.807) is 0 Å². The van der Waals surface area contributed by atoms with Crippen LogP contribution in [0.4, 0.5) is 0 Å². The molecular weight excluding hydrogens is 212 g/mol. The summed E-state index contributed by atoms with van der Waals surface area (Å²) in [6, 6.07) is 0.0593. The summed E-state index contributed by atoms with van der Waals surface area (Å²) in [5.41, 5.74) is 1.54. The average Bonchev–Trinajstić information content (AvgIpc) is 2.41. The minimum Gasteiger partial charge on any atom is -0.354 e. The number of rotatable bonds is 4. The van der Waals surface area contributed by atoms with E-state index in [0.29, 0.717) is 0 Å². The highest BCUT2D eigenvalue weighted by Gasteiger charge is 2.19. The number of hydrogen-bond acceptors (Lipinski definition) is 2. The SMILES string of the molecule is O=C(NCCC1=CCCCC1)[C@H]1CCCCN1. The fourth-order valence-electron chi connectivity index (χ4n) is 2.68. The van der Waals surface area contributed by atoms with Crippen molar-refractivity contribution in [3.63, 3.8) is 0 Å². The summed E-state index contributed by atoms with van der Waals surface area (Å²) in [6.07, 6.45) is 11.9. The van der Waals surface area contributed by atoms with Crippen molar-refractivity contribution in [2.75, 3.05) is 13.1 Å². The van der Waals surface area contributed by atoms with Gasteiger partial charge in [0.15, 0.2) is 0 Å². The van der Waals surface area contributed by atoms with Crippen LogP contribution in [0.5, 0.6) is 0 Å². The van der Waals surface area contributed by atoms with Crippen LogP contribution in [-0.2, 0) is 4.79 Å². The van der Waals surface area contributed by atoms with Gasteiger partial charge >= 0.3 is 0 Å². The fourth-order valence-corrected chi connectivity index (χ4v) is 2.68. The van der Waals surface area contributed by atoms with E-state index < -0.39 is 0 Å². The maximum absolute atomic E-state index is 11.8. The Morgan fingerprint density at radius 1 is 1.35 bits per heavy atom. The van der Waals surface area contributed by atoms with Crippen molar-refractivity contribution >= 4 is 5.91 Å². The summed E-state index contributed by atoms with van der Waals surface area (Å²) in [5.74, 6) is 0.195. The Morgan fingerprint density at radius 2 is 2.29 bits per heavy atom. The molecule has 0 bridgehead atoms. The Kier molecular flexibility index (Phi) is 5.05. The number of hydrogen-bond donors (Lipinski definition) is 2. The van der Waals surface area contributed by atoms with Crippen LogP contribution in [0.3, 0.4) is 0 Å². The molecule has 17 heavy (non-hydrogen) atoms. The van der Waals surface area contributed by atoms with Crippen LogP contribution in [0.25, 0.3) is 0 Å². The van der Waals surface area contributed by atoms with Crippen LogP contribution in [0.15, 0.2) is 11.6 Å². The van der Waals surface area contributed by atoms with Crippen molar-refractivity contribution in [3.05, 3.63) is 11.6 Å². The summed E-state index contributed by atoms with van der Waals surface area (Å²) in [6.45, 7) is 1.80. The molecule has 2 rings (SSSR count). The predicted octanol–water partition coefficient (Wildman–Crippen LogP) is 2.14. The molecule has 0 saturated carbocycles. The molecule has 1 fully saturated rings. The second kappa shape index (κ2) is 6.80. The van der Waals surface area contributed by atoms with Gasteiger partial charge in [-0.2, -0.15) is 0 Å². The summed E-state index contributed by atoms with van der Waals surface area (Å²) >= 11 is 0. The van der Waals surface area contributed by atoms with E-state index >= 15 is 0 Å². The number of nitrogens with one attached hydrogen (secondary N) is 2. The van der Waals surface area contributed by atoms with E-state index in [2.05, 4.69) is 16.7 Å². The Bertz CT molecular complexity index is 280. The molecule has 0 aromatic carbocycles. The maximum atomic E-state index is 11.8. The number of carbonyl (C=O) groups excluding carboxylic acids is 1. The van der Waals surface area contributed by atoms with E-state index in [1.165, 1.54) is 44.1 Å². The maximum Gasteiger partial charge on any atom is 0.237 e. The fraction of sp³-hybridized carbons (Fsp3) is 0.786. The molecule has 1 atom stereocenters. The van der Waals surface area contributed by atoms with Gasteiger partial charge in [0.1, 0.15) is 0 Å². The van der Waals surface area contributed by atoms with Gasteiger partial charge in [-0.3, -0.25) is 4.79 Å². The lowest BCUT2D eigenvalue weighted by Crippen LogP contribution is -2.46. The molecule has 2 N–H and O–H groups in total. The third-order valence-corrected chi connectivity index (χ3v) is 3.76. The third kappa shape index (κ3) is 4.15. The van der Waals surface area contributed by atoms with Gasteiger partial charge in [0.2, 0.25) is 5.91 Å². The van der Waals surface area contributed by atoms with Crippen LogP contribution >= 0.6 is 0 Å². The molecule has 2 aliphatic rings. The monoisotopic (exact) mass is 236 g/mol. The summed E-state index contributed by atoms with van der Waals surface area (Å²) < 4.78 is 0. The number of carbonyl (C=O) groups is 1. The standard InChI is InChI=1S/C14H24N2O/c17-14(13-8-4-5-10-15-13)16-11-9-12-6-2-1-3-7-12/h6,13,15H,1-5,7-11H2,(H,16,17)/t13-/m1/s1. The lowest BCUT2D eigenvalue weighted by atomic mass is 9.97. The van der Waals surface area contributed by atoms with E-state index in [9.17, 15) is 4.79 Å². The zero-order chi connectivity index (χ0) is 11.9. The van der Waals surface area contributed by atoms with Crippen molar-refractivity contribution in [2.45, 2.75) is 57.4 Å². The molecule has 1 aliphatic heterocycles. The molecule has 1 aliphatic carbocycles. The second-order valence-corrected chi connectivity index (χ2v) is 5.15. The number of amides is 1. The molecule has 3 heteroatoms. The van der Waals surface area contributed by atoms with Gasteiger partial charge in [-0.15, -0.1) is 0 Å². The molecule has 0 spiro atoms.